The Morgan fingerprint density at radius 1 is 0.227 bits per heavy atom. The van der Waals surface area contributed by atoms with Crippen LogP contribution in [0.4, 0.5) is 38.8 Å². The molecule has 0 unspecified atom stereocenters. The number of pyridine rings is 3. The lowest BCUT2D eigenvalue weighted by Crippen LogP contribution is -3.00. The van der Waals surface area contributed by atoms with Gasteiger partial charge in [-0.25, -0.2) is 0 Å². The van der Waals surface area contributed by atoms with Crippen LogP contribution in [0.1, 0.15) is 101 Å². The Balaban J connectivity index is 0.000000236. The van der Waals surface area contributed by atoms with E-state index in [4.69, 9.17) is 0 Å². The van der Waals surface area contributed by atoms with Crippen molar-refractivity contribution < 1.29 is 66.7 Å². The minimum atomic E-state index is -3.67. The van der Waals surface area contributed by atoms with E-state index in [1.54, 1.807) is 0 Å². The summed E-state index contributed by atoms with van der Waals surface area (Å²) < 4.78 is 94.2. The molecule has 0 atom stereocenters. The van der Waals surface area contributed by atoms with Crippen molar-refractivity contribution in [3.05, 3.63) is 321 Å². The molecular formula is C92H90B3F12N3. The Labute approximate surface area is 639 Å². The lowest BCUT2D eigenvalue weighted by atomic mass is 9.84. The topological polar surface area (TPSA) is 11.6 Å². The molecule has 0 aliphatic heterocycles. The summed E-state index contributed by atoms with van der Waals surface area (Å²) in [5, 5.41) is 7.76. The number of benzene rings is 12. The van der Waals surface area contributed by atoms with Crippen LogP contribution in [-0.2, 0) is 5.41 Å². The van der Waals surface area contributed by atoms with Gasteiger partial charge in [0.25, 0.3) is 0 Å². The Morgan fingerprint density at radius 3 is 0.782 bits per heavy atom. The first kappa shape index (κ1) is 87.9. The van der Waals surface area contributed by atoms with Crippen LogP contribution in [0.5, 0.6) is 0 Å². The maximum absolute atomic E-state index is 9.67. The Bertz CT molecular complexity index is 5490. The van der Waals surface area contributed by atoms with Crippen molar-refractivity contribution in [2.24, 2.45) is 0 Å². The maximum atomic E-state index is 9.67. The molecule has 0 aliphatic carbocycles. The van der Waals surface area contributed by atoms with Gasteiger partial charge in [-0.1, -0.05) is 196 Å². The first-order valence-electron chi connectivity index (χ1n) is 35.3. The van der Waals surface area contributed by atoms with Crippen LogP contribution < -0.4 is 27.8 Å². The molecule has 15 rings (SSSR count). The molecule has 0 spiro atoms. The van der Waals surface area contributed by atoms with E-state index >= 15 is 0 Å². The van der Waals surface area contributed by atoms with E-state index < -0.39 is 22.6 Å². The summed E-state index contributed by atoms with van der Waals surface area (Å²) in [6, 6.07) is 91.2. The summed E-state index contributed by atoms with van der Waals surface area (Å²) in [7, 11) is -11.0. The highest BCUT2D eigenvalue weighted by atomic mass is 19.4. The standard InChI is InChI=1S/C33H34N.C30H28N.C28H24N.CH4.3BF3.3FH/c1-21-13-15-27-29(19-21)34(26-11-9-8-10-12-26)30-20-25(33(5,6)7)14-16-28(30)32(27)31-23(3)17-22(2)18-24(31)4;1-19-11-13-27-25(17-19)30(29-22(4)15-21(3)16-23(29)5)26-18-20(2)12-14-28(26)31(27)24-9-7-6-8-10-24;1-19-17-20(2)27(21(3)18-19)28-23-13-7-9-15-25(23)29(22-11-5-4-6-12-22)26-16-10-8-14-24(26)28;;3*2-1(3)4;;;/h8-20H,1-7H3;6-18H,1-5H3;4-18H,1-3H3;1H4;;;;3*1H/q3*+1;;;;;;;/p-3. The number of hydrogen-bond acceptors (Lipinski definition) is 0. The quantitative estimate of drug-likeness (QED) is 0.0681. The van der Waals surface area contributed by atoms with Gasteiger partial charge in [-0.15, -0.1) is 0 Å². The van der Waals surface area contributed by atoms with Gasteiger partial charge in [-0.2, -0.15) is 13.7 Å². The van der Waals surface area contributed by atoms with Crippen LogP contribution in [0.2, 0.25) is 0 Å². The minimum absolute atomic E-state index is 0. The number of nitrogens with zero attached hydrogens (tertiary/aromatic N) is 3. The second-order valence-corrected chi connectivity index (χ2v) is 28.3. The molecule has 3 aromatic heterocycles. The van der Waals surface area contributed by atoms with Crippen LogP contribution >= 0.6 is 0 Å². The van der Waals surface area contributed by atoms with Crippen molar-refractivity contribution >= 4 is 88.0 Å². The molecule has 0 radical (unpaired) electrons. The monoisotopic (exact) mass is 1500 g/mol. The molecule has 0 amide bonds. The number of para-hydroxylation sites is 5. The van der Waals surface area contributed by atoms with E-state index in [-0.39, 0.29) is 27.0 Å². The van der Waals surface area contributed by atoms with Gasteiger partial charge < -0.3 is 14.1 Å². The second kappa shape index (κ2) is 37.9. The molecule has 12 aromatic carbocycles. The Hall–Kier alpha value is -11.0. The fourth-order valence-electron chi connectivity index (χ4n) is 15.2. The normalized spacial score (nSPS) is 10.6. The molecular weight excluding hydrogens is 1410 g/mol. The number of aromatic nitrogens is 3. The van der Waals surface area contributed by atoms with E-state index in [2.05, 4.69) is 366 Å². The van der Waals surface area contributed by atoms with Crippen molar-refractivity contribution in [1.82, 2.24) is 0 Å². The molecule has 110 heavy (non-hydrogen) atoms. The molecule has 15 aromatic rings. The molecule has 0 N–H and O–H groups in total. The average molecular weight is 1500 g/mol. The van der Waals surface area contributed by atoms with Crippen LogP contribution in [-0.4, -0.2) is 22.6 Å². The summed E-state index contributed by atoms with van der Waals surface area (Å²) >= 11 is 0. The molecule has 0 aliphatic rings. The van der Waals surface area contributed by atoms with Crippen molar-refractivity contribution in [2.45, 2.75) is 117 Å². The number of halogens is 12. The first-order chi connectivity index (χ1) is 50.4. The largest absolute Gasteiger partial charge is 1.00 e. The van der Waals surface area contributed by atoms with E-state index in [1.165, 1.54) is 188 Å². The number of aryl methyl sites for hydroxylation is 12. The zero-order valence-electron chi connectivity index (χ0n) is 63.8. The Kier molecular flexibility index (Phi) is 30.3. The molecule has 566 valence electrons. The molecule has 0 saturated heterocycles. The highest BCUT2D eigenvalue weighted by Gasteiger charge is 2.30. The summed E-state index contributed by atoms with van der Waals surface area (Å²) in [6.07, 6.45) is 0. The second-order valence-electron chi connectivity index (χ2n) is 28.3. The molecule has 0 saturated carbocycles. The van der Waals surface area contributed by atoms with Crippen LogP contribution in [0.15, 0.2) is 249 Å². The van der Waals surface area contributed by atoms with Crippen molar-refractivity contribution in [1.29, 1.82) is 0 Å². The van der Waals surface area contributed by atoms with Gasteiger partial charge in [-0.3, -0.25) is 38.8 Å². The summed E-state index contributed by atoms with van der Waals surface area (Å²) in [5.41, 5.74) is 36.3. The predicted octanol–water partition coefficient (Wildman–Crippen LogP) is 17.1. The Morgan fingerprint density at radius 2 is 0.464 bits per heavy atom. The lowest BCUT2D eigenvalue weighted by Gasteiger charge is -2.21. The van der Waals surface area contributed by atoms with E-state index in [9.17, 15) is 38.8 Å². The van der Waals surface area contributed by atoms with E-state index in [0.29, 0.717) is 0 Å². The third kappa shape index (κ3) is 19.7. The third-order valence-electron chi connectivity index (χ3n) is 19.0. The molecule has 0 bridgehead atoms. The van der Waals surface area contributed by atoms with Crippen LogP contribution in [0, 0.1) is 83.1 Å². The van der Waals surface area contributed by atoms with Gasteiger partial charge in [0.05, 0.1) is 32.3 Å². The van der Waals surface area contributed by atoms with Crippen LogP contribution in [0.3, 0.4) is 0 Å². The minimum Gasteiger partial charge on any atom is -1.00 e. The van der Waals surface area contributed by atoms with Crippen molar-refractivity contribution in [3.8, 4) is 50.4 Å². The highest BCUT2D eigenvalue weighted by molar-refractivity contribution is 6.33. The molecule has 3 nitrogen and oxygen atoms in total. The molecule has 18 heteroatoms. The lowest BCUT2D eigenvalue weighted by molar-refractivity contribution is -0.538. The zero-order chi connectivity index (χ0) is 76.6. The van der Waals surface area contributed by atoms with E-state index in [1.807, 2.05) is 0 Å². The third-order valence-corrected chi connectivity index (χ3v) is 19.0. The van der Waals surface area contributed by atoms with Gasteiger partial charge in [0.15, 0.2) is 0 Å². The fraction of sp³-hybridized carbons (Fsp3) is 0.185. The number of hydrogen-bond donors (Lipinski definition) is 0. The smallest absolute Gasteiger partial charge is 0.762 e. The van der Waals surface area contributed by atoms with E-state index in [0.717, 1.165) is 0 Å². The van der Waals surface area contributed by atoms with Crippen molar-refractivity contribution in [3.63, 3.8) is 0 Å². The highest BCUT2D eigenvalue weighted by Crippen LogP contribution is 2.43. The maximum Gasteiger partial charge on any atom is 0.762 e. The first-order valence-corrected chi connectivity index (χ1v) is 35.3. The van der Waals surface area contributed by atoms with Gasteiger partial charge >= 0.3 is 22.6 Å². The summed E-state index contributed by atoms with van der Waals surface area (Å²) in [5.74, 6) is 0. The average Bonchev–Trinajstić information content (AvgIpc) is 0.741. The molecule has 0 fully saturated rings. The molecule has 3 heterocycles. The number of fused-ring (bicyclic) bond motifs is 6. The number of rotatable bonds is 6. The predicted molar refractivity (Wildman–Crippen MR) is 435 cm³/mol. The van der Waals surface area contributed by atoms with Crippen molar-refractivity contribution in [2.75, 3.05) is 0 Å². The SMILES string of the molecule is C.Cc1cc(C)c(-c2c3cc(C)ccc3[n+](-c3ccccc3)c3ccc(C)cc23)c(C)c1.Cc1cc(C)c(-c2c3ccc(C)cc3[n+](-c3ccccc3)c3cc(C(C)(C)C)ccc23)c(C)c1.Cc1cc(C)c(-c2c3ccccc3[n+](-c3ccccc3)c3ccccc23)c(C)c1.FB(F)F.FB(F)F.FB(F)F.[F-].[F-].[F-]. The summed E-state index contributed by atoms with van der Waals surface area (Å²) in [6.45, 7) is 33.5. The van der Waals surface area contributed by atoms with Gasteiger partial charge in [0, 0.05) is 89.5 Å². The van der Waals surface area contributed by atoms with Gasteiger partial charge in [0.1, 0.15) is 0 Å². The summed E-state index contributed by atoms with van der Waals surface area (Å²) in [4.78, 5) is 0. The van der Waals surface area contributed by atoms with Crippen LogP contribution in [0.25, 0.3) is 116 Å². The zero-order valence-corrected chi connectivity index (χ0v) is 63.8. The fourth-order valence-corrected chi connectivity index (χ4v) is 15.2. The van der Waals surface area contributed by atoms with Gasteiger partial charge in [-0.05, 0) is 186 Å². The van der Waals surface area contributed by atoms with Gasteiger partial charge in [0.2, 0.25) is 50.2 Å².